The van der Waals surface area contributed by atoms with Gasteiger partial charge in [-0.25, -0.2) is 4.39 Å². The van der Waals surface area contributed by atoms with Crippen molar-refractivity contribution >= 4 is 23.5 Å². The summed E-state index contributed by atoms with van der Waals surface area (Å²) in [4.78, 5) is 13.1. The van der Waals surface area contributed by atoms with Crippen molar-refractivity contribution < 1.29 is 22.4 Å². The molecule has 0 atom stereocenters. The number of fused-ring (bicyclic) bond motifs is 3. The van der Waals surface area contributed by atoms with E-state index < -0.39 is 28.9 Å². The molecule has 0 saturated heterocycles. The molecule has 3 nitrogen and oxygen atoms in total. The lowest BCUT2D eigenvalue weighted by atomic mass is 9.64. The molecule has 0 unspecified atom stereocenters. The third-order valence-electron chi connectivity index (χ3n) is 6.39. The Morgan fingerprint density at radius 3 is 2.23 bits per heavy atom. The Bertz CT molecular complexity index is 924. The zero-order valence-electron chi connectivity index (χ0n) is 16.9. The van der Waals surface area contributed by atoms with E-state index >= 15 is 0 Å². The fourth-order valence-corrected chi connectivity index (χ4v) is 5.17. The van der Waals surface area contributed by atoms with Crippen molar-refractivity contribution in [1.82, 2.24) is 5.32 Å². The summed E-state index contributed by atoms with van der Waals surface area (Å²) in [5.41, 5.74) is -1.22. The van der Waals surface area contributed by atoms with Gasteiger partial charge in [-0.15, -0.1) is 0 Å². The van der Waals surface area contributed by atoms with E-state index in [9.17, 15) is 22.4 Å². The fraction of sp³-hybridized carbons (Fsp3) is 0.435. The molecule has 1 amide bonds. The minimum absolute atomic E-state index is 0.0487. The fourth-order valence-electron chi connectivity index (χ4n) is 4.40. The van der Waals surface area contributed by atoms with Crippen molar-refractivity contribution in [3.05, 3.63) is 65.2 Å². The predicted octanol–water partition coefficient (Wildman–Crippen LogP) is 6.51. The Morgan fingerprint density at radius 1 is 0.968 bits per heavy atom. The Hall–Kier alpha value is -2.22. The number of benzene rings is 2. The van der Waals surface area contributed by atoms with Crippen LogP contribution in [0.5, 0.6) is 0 Å². The first-order chi connectivity index (χ1) is 14.7. The lowest BCUT2D eigenvalue weighted by molar-refractivity contribution is -0.137. The summed E-state index contributed by atoms with van der Waals surface area (Å²) in [6, 6.07) is 12.8. The summed E-state index contributed by atoms with van der Waals surface area (Å²) >= 11 is 1.30. The molecule has 3 fully saturated rings. The van der Waals surface area contributed by atoms with Crippen LogP contribution in [0.3, 0.4) is 0 Å². The van der Waals surface area contributed by atoms with Crippen LogP contribution >= 0.6 is 11.9 Å². The average molecular weight is 453 g/mol. The number of hydrogen-bond donors (Lipinski definition) is 2. The van der Waals surface area contributed by atoms with Crippen LogP contribution in [-0.4, -0.2) is 17.1 Å². The van der Waals surface area contributed by atoms with Crippen LogP contribution in [-0.2, 0) is 11.9 Å². The van der Waals surface area contributed by atoms with E-state index in [0.29, 0.717) is 50.0 Å². The second kappa shape index (κ2) is 8.37. The minimum Gasteiger partial charge on any atom is -0.347 e. The number of hydrogen-bond acceptors (Lipinski definition) is 3. The lowest BCUT2D eigenvalue weighted by Crippen LogP contribution is -2.57. The van der Waals surface area contributed by atoms with Crippen LogP contribution in [0.2, 0.25) is 0 Å². The second-order valence-electron chi connectivity index (χ2n) is 8.52. The van der Waals surface area contributed by atoms with Gasteiger partial charge < -0.3 is 10.0 Å². The van der Waals surface area contributed by atoms with Crippen LogP contribution in [0, 0.1) is 0 Å². The first kappa shape index (κ1) is 22.0. The monoisotopic (exact) mass is 452 g/mol. The summed E-state index contributed by atoms with van der Waals surface area (Å²) < 4.78 is 57.3. The summed E-state index contributed by atoms with van der Waals surface area (Å²) in [5.74, 6) is 0.0352. The Kier molecular flexibility index (Phi) is 5.94. The van der Waals surface area contributed by atoms with Gasteiger partial charge in [0.25, 0.3) is 5.91 Å². The molecule has 3 aliphatic rings. The van der Waals surface area contributed by atoms with E-state index in [2.05, 4.69) is 10.0 Å². The molecular formula is C23H24F4N2OS. The number of nitrogens with one attached hydrogen (secondary N) is 2. The van der Waals surface area contributed by atoms with Gasteiger partial charge in [-0.05, 0) is 74.2 Å². The number of rotatable bonds is 6. The predicted molar refractivity (Wildman–Crippen MR) is 115 cm³/mol. The highest BCUT2D eigenvalue weighted by Crippen LogP contribution is 2.49. The van der Waals surface area contributed by atoms with E-state index in [1.165, 1.54) is 18.0 Å². The molecule has 0 aliphatic heterocycles. The van der Waals surface area contributed by atoms with Crippen molar-refractivity contribution in [1.29, 1.82) is 0 Å². The molecule has 2 bridgehead atoms. The normalized spacial score (nSPS) is 25.3. The summed E-state index contributed by atoms with van der Waals surface area (Å²) in [6.45, 7) is 0. The number of amides is 1. The molecular weight excluding hydrogens is 428 g/mol. The molecule has 2 aromatic carbocycles. The van der Waals surface area contributed by atoms with Crippen molar-refractivity contribution in [2.75, 3.05) is 4.72 Å². The Labute approximate surface area is 183 Å². The maximum absolute atomic E-state index is 14.4. The first-order valence-corrected chi connectivity index (χ1v) is 11.3. The van der Waals surface area contributed by atoms with Crippen LogP contribution in [0.1, 0.15) is 60.0 Å². The third kappa shape index (κ3) is 5.00. The second-order valence-corrected chi connectivity index (χ2v) is 9.30. The molecule has 2 aromatic rings. The highest BCUT2D eigenvalue weighted by Gasteiger charge is 2.49. The zero-order chi connectivity index (χ0) is 22.1. The maximum atomic E-state index is 14.4. The highest BCUT2D eigenvalue weighted by molar-refractivity contribution is 7.99. The average Bonchev–Trinajstić information content (AvgIpc) is 2.75. The molecule has 31 heavy (non-hydrogen) atoms. The van der Waals surface area contributed by atoms with E-state index in [1.54, 1.807) is 0 Å². The minimum atomic E-state index is -4.55. The molecule has 3 aliphatic carbocycles. The Morgan fingerprint density at radius 2 is 1.61 bits per heavy atom. The van der Waals surface area contributed by atoms with Crippen molar-refractivity contribution in [3.63, 3.8) is 0 Å². The van der Waals surface area contributed by atoms with Crippen LogP contribution in [0.15, 0.2) is 48.5 Å². The number of carbonyl (C=O) groups excluding carboxylic acids is 1. The van der Waals surface area contributed by atoms with Crippen LogP contribution in [0.4, 0.5) is 23.2 Å². The van der Waals surface area contributed by atoms with Gasteiger partial charge in [-0.1, -0.05) is 30.3 Å². The molecule has 5 rings (SSSR count). The van der Waals surface area contributed by atoms with Gasteiger partial charge in [-0.2, -0.15) is 13.2 Å². The molecule has 0 spiro atoms. The molecule has 0 heterocycles. The highest BCUT2D eigenvalue weighted by atomic mass is 32.2. The quantitative estimate of drug-likeness (QED) is 0.388. The molecule has 3 saturated carbocycles. The summed E-state index contributed by atoms with van der Waals surface area (Å²) in [7, 11) is 0. The van der Waals surface area contributed by atoms with E-state index in [0.717, 1.165) is 17.7 Å². The van der Waals surface area contributed by atoms with E-state index in [4.69, 9.17) is 0 Å². The molecule has 2 N–H and O–H groups in total. The number of carbonyl (C=O) groups is 1. The SMILES string of the molecule is O=C(NC12CCC(F)(CC1)CC2)c1cc(C(F)(F)F)ccc1NSCc1ccccc1. The van der Waals surface area contributed by atoms with Gasteiger partial charge in [0.1, 0.15) is 5.67 Å². The zero-order valence-corrected chi connectivity index (χ0v) is 17.7. The third-order valence-corrected chi connectivity index (χ3v) is 7.23. The van der Waals surface area contributed by atoms with Crippen molar-refractivity contribution in [2.45, 2.75) is 61.7 Å². The van der Waals surface area contributed by atoms with Gasteiger partial charge in [-0.3, -0.25) is 4.79 Å². The smallest absolute Gasteiger partial charge is 0.347 e. The van der Waals surface area contributed by atoms with Crippen LogP contribution < -0.4 is 10.0 Å². The van der Waals surface area contributed by atoms with E-state index in [-0.39, 0.29) is 5.56 Å². The maximum Gasteiger partial charge on any atom is 0.416 e. The van der Waals surface area contributed by atoms with Crippen LogP contribution in [0.25, 0.3) is 0 Å². The molecule has 0 radical (unpaired) electrons. The molecule has 8 heteroatoms. The van der Waals surface area contributed by atoms with Crippen molar-refractivity contribution in [3.8, 4) is 0 Å². The lowest BCUT2D eigenvalue weighted by Gasteiger charge is -2.50. The Balaban J connectivity index is 1.52. The van der Waals surface area contributed by atoms with Gasteiger partial charge in [0, 0.05) is 11.3 Å². The summed E-state index contributed by atoms with van der Waals surface area (Å²) in [6.07, 6.45) is -1.86. The number of anilines is 1. The topological polar surface area (TPSA) is 41.1 Å². The van der Waals surface area contributed by atoms with Gasteiger partial charge >= 0.3 is 6.18 Å². The first-order valence-electron chi connectivity index (χ1n) is 10.3. The van der Waals surface area contributed by atoms with Crippen molar-refractivity contribution in [2.24, 2.45) is 0 Å². The molecule has 166 valence electrons. The van der Waals surface area contributed by atoms with Gasteiger partial charge in [0.15, 0.2) is 0 Å². The number of alkyl halides is 4. The van der Waals surface area contributed by atoms with E-state index in [1.807, 2.05) is 30.3 Å². The van der Waals surface area contributed by atoms with Gasteiger partial charge in [0.05, 0.1) is 16.8 Å². The number of halogens is 4. The summed E-state index contributed by atoms with van der Waals surface area (Å²) in [5, 5.41) is 2.96. The standard InChI is InChI=1S/C23H24F4N2OS/c24-21-8-11-22(12-9-21,13-10-21)28-20(30)18-14-17(23(25,26)27)6-7-19(18)29-31-15-16-4-2-1-3-5-16/h1-7,14,29H,8-13,15H2,(H,28,30). The van der Waals surface area contributed by atoms with Gasteiger partial charge in [0.2, 0.25) is 0 Å². The largest absolute Gasteiger partial charge is 0.416 e. The molecule has 0 aromatic heterocycles.